The number of rotatable bonds is 6. The molecule has 0 aliphatic heterocycles. The highest BCUT2D eigenvalue weighted by atomic mass is 16.5. The van der Waals surface area contributed by atoms with Gasteiger partial charge in [-0.05, 0) is 12.8 Å². The Labute approximate surface area is 84.2 Å². The molecule has 0 saturated carbocycles. The number of hydrazine groups is 1. The summed E-state index contributed by atoms with van der Waals surface area (Å²) in [5, 5.41) is 4.10. The van der Waals surface area contributed by atoms with E-state index in [-0.39, 0.29) is 6.04 Å². The first-order valence-corrected chi connectivity index (χ1v) is 4.71. The van der Waals surface area contributed by atoms with E-state index < -0.39 is 0 Å². The zero-order valence-electron chi connectivity index (χ0n) is 8.73. The molecule has 1 aromatic heterocycles. The molecule has 3 N–H and O–H groups in total. The maximum absolute atomic E-state index is 5.47. The van der Waals surface area contributed by atoms with E-state index in [9.17, 15) is 0 Å². The van der Waals surface area contributed by atoms with E-state index in [1.807, 2.05) is 19.4 Å². The van der Waals surface area contributed by atoms with Crippen molar-refractivity contribution in [2.45, 2.75) is 18.9 Å². The van der Waals surface area contributed by atoms with Crippen LogP contribution in [0, 0.1) is 0 Å². The summed E-state index contributed by atoms with van der Waals surface area (Å²) < 4.78 is 6.76. The molecule has 1 heterocycles. The number of methoxy groups -OCH3 is 1. The number of ether oxygens (including phenoxy) is 1. The van der Waals surface area contributed by atoms with Gasteiger partial charge in [-0.25, -0.2) is 0 Å². The minimum Gasteiger partial charge on any atom is -0.385 e. The second-order valence-corrected chi connectivity index (χ2v) is 3.30. The van der Waals surface area contributed by atoms with Crippen molar-refractivity contribution >= 4 is 0 Å². The Hall–Kier alpha value is -0.910. The smallest absolute Gasteiger partial charge is 0.0538 e. The van der Waals surface area contributed by atoms with Crippen LogP contribution in [0.3, 0.4) is 0 Å². The fourth-order valence-electron chi connectivity index (χ4n) is 1.40. The van der Waals surface area contributed by atoms with Crippen LogP contribution in [0.15, 0.2) is 12.4 Å². The fourth-order valence-corrected chi connectivity index (χ4v) is 1.40. The third-order valence-electron chi connectivity index (χ3n) is 2.17. The Bertz CT molecular complexity index is 261. The van der Waals surface area contributed by atoms with Crippen LogP contribution in [0.25, 0.3) is 0 Å². The molecular weight excluding hydrogens is 180 g/mol. The molecule has 80 valence electrons. The van der Waals surface area contributed by atoms with Gasteiger partial charge in [0.15, 0.2) is 0 Å². The van der Waals surface area contributed by atoms with Crippen molar-refractivity contribution in [2.75, 3.05) is 13.7 Å². The summed E-state index contributed by atoms with van der Waals surface area (Å²) in [7, 11) is 3.60. The van der Waals surface area contributed by atoms with Gasteiger partial charge in [0.1, 0.15) is 0 Å². The lowest BCUT2D eigenvalue weighted by Gasteiger charge is -2.13. The lowest BCUT2D eigenvalue weighted by molar-refractivity contribution is 0.189. The largest absolute Gasteiger partial charge is 0.385 e. The first-order chi connectivity index (χ1) is 6.77. The number of aryl methyl sites for hydroxylation is 1. The van der Waals surface area contributed by atoms with Gasteiger partial charge in [0.2, 0.25) is 0 Å². The quantitative estimate of drug-likeness (QED) is 0.393. The molecule has 1 atom stereocenters. The molecular formula is C9H18N4O. The molecule has 1 rings (SSSR count). The lowest BCUT2D eigenvalue weighted by Crippen LogP contribution is -2.28. The number of hydrogen-bond donors (Lipinski definition) is 2. The highest BCUT2D eigenvalue weighted by molar-refractivity contribution is 5.09. The Kier molecular flexibility index (Phi) is 4.58. The molecule has 1 unspecified atom stereocenters. The Morgan fingerprint density at radius 2 is 2.50 bits per heavy atom. The van der Waals surface area contributed by atoms with Crippen LogP contribution in [0.1, 0.15) is 24.4 Å². The summed E-state index contributed by atoms with van der Waals surface area (Å²) in [6.45, 7) is 0.762. The van der Waals surface area contributed by atoms with Gasteiger partial charge < -0.3 is 4.74 Å². The molecule has 0 fully saturated rings. The Morgan fingerprint density at radius 1 is 1.71 bits per heavy atom. The van der Waals surface area contributed by atoms with Crippen molar-refractivity contribution in [1.82, 2.24) is 15.2 Å². The normalized spacial score (nSPS) is 13.1. The molecule has 14 heavy (non-hydrogen) atoms. The summed E-state index contributed by atoms with van der Waals surface area (Å²) in [5.41, 5.74) is 3.90. The third-order valence-corrected chi connectivity index (χ3v) is 2.17. The van der Waals surface area contributed by atoms with Gasteiger partial charge in [0, 0.05) is 38.6 Å². The maximum atomic E-state index is 5.47. The van der Waals surface area contributed by atoms with Crippen molar-refractivity contribution in [3.05, 3.63) is 18.0 Å². The summed E-state index contributed by atoms with van der Waals surface area (Å²) >= 11 is 0. The second-order valence-electron chi connectivity index (χ2n) is 3.30. The van der Waals surface area contributed by atoms with Crippen molar-refractivity contribution in [2.24, 2.45) is 12.9 Å². The number of hydrogen-bond acceptors (Lipinski definition) is 4. The average Bonchev–Trinajstić information content (AvgIpc) is 2.60. The fraction of sp³-hybridized carbons (Fsp3) is 0.667. The van der Waals surface area contributed by atoms with Crippen LogP contribution in [-0.4, -0.2) is 23.5 Å². The molecule has 5 heteroatoms. The molecule has 0 aromatic carbocycles. The monoisotopic (exact) mass is 198 g/mol. The molecule has 0 aliphatic rings. The van der Waals surface area contributed by atoms with Crippen LogP contribution < -0.4 is 11.3 Å². The highest BCUT2D eigenvalue weighted by Gasteiger charge is 2.10. The van der Waals surface area contributed by atoms with Crippen molar-refractivity contribution in [1.29, 1.82) is 0 Å². The molecule has 0 bridgehead atoms. The molecule has 0 radical (unpaired) electrons. The van der Waals surface area contributed by atoms with Gasteiger partial charge in [0.25, 0.3) is 0 Å². The van der Waals surface area contributed by atoms with E-state index in [1.165, 1.54) is 0 Å². The average molecular weight is 198 g/mol. The zero-order valence-corrected chi connectivity index (χ0v) is 8.73. The van der Waals surface area contributed by atoms with E-state index >= 15 is 0 Å². The number of aromatic nitrogens is 2. The van der Waals surface area contributed by atoms with Gasteiger partial charge >= 0.3 is 0 Å². The van der Waals surface area contributed by atoms with Crippen LogP contribution in [0.2, 0.25) is 0 Å². The maximum Gasteiger partial charge on any atom is 0.0538 e. The van der Waals surface area contributed by atoms with E-state index in [0.717, 1.165) is 25.0 Å². The van der Waals surface area contributed by atoms with Crippen LogP contribution in [0.5, 0.6) is 0 Å². The van der Waals surface area contributed by atoms with E-state index in [2.05, 4.69) is 10.5 Å². The van der Waals surface area contributed by atoms with E-state index in [1.54, 1.807) is 11.8 Å². The third kappa shape index (κ3) is 3.10. The van der Waals surface area contributed by atoms with E-state index in [0.29, 0.717) is 0 Å². The molecule has 1 aromatic rings. The number of nitrogens with two attached hydrogens (primary N) is 1. The number of nitrogens with one attached hydrogen (secondary N) is 1. The molecule has 5 nitrogen and oxygen atoms in total. The van der Waals surface area contributed by atoms with Crippen molar-refractivity contribution < 1.29 is 4.74 Å². The van der Waals surface area contributed by atoms with Gasteiger partial charge in [-0.15, -0.1) is 0 Å². The second kappa shape index (κ2) is 5.74. The summed E-state index contributed by atoms with van der Waals surface area (Å²) in [6.07, 6.45) is 5.74. The highest BCUT2D eigenvalue weighted by Crippen LogP contribution is 2.16. The molecule has 0 aliphatic carbocycles. The van der Waals surface area contributed by atoms with Crippen molar-refractivity contribution in [3.63, 3.8) is 0 Å². The van der Waals surface area contributed by atoms with Gasteiger partial charge in [-0.3, -0.25) is 16.0 Å². The van der Waals surface area contributed by atoms with Crippen LogP contribution >= 0.6 is 0 Å². The number of nitrogens with zero attached hydrogens (tertiary/aromatic N) is 2. The first kappa shape index (κ1) is 11.2. The Balaban J connectivity index is 2.45. The predicted molar refractivity (Wildman–Crippen MR) is 54.4 cm³/mol. The minimum absolute atomic E-state index is 0.166. The minimum atomic E-state index is 0.166. The van der Waals surface area contributed by atoms with Gasteiger partial charge in [-0.1, -0.05) is 0 Å². The molecule has 0 spiro atoms. The molecule has 0 amide bonds. The predicted octanol–water partition coefficient (Wildman–Crippen LogP) is 0.351. The van der Waals surface area contributed by atoms with E-state index in [4.69, 9.17) is 10.6 Å². The SMILES string of the molecule is COCCCC(NN)c1cnn(C)c1. The summed E-state index contributed by atoms with van der Waals surface area (Å²) in [4.78, 5) is 0. The summed E-state index contributed by atoms with van der Waals surface area (Å²) in [6, 6.07) is 0.166. The van der Waals surface area contributed by atoms with Gasteiger partial charge in [0.05, 0.1) is 6.20 Å². The van der Waals surface area contributed by atoms with Crippen molar-refractivity contribution in [3.8, 4) is 0 Å². The van der Waals surface area contributed by atoms with Crippen LogP contribution in [0.4, 0.5) is 0 Å². The molecule has 0 saturated heterocycles. The van der Waals surface area contributed by atoms with Crippen LogP contribution in [-0.2, 0) is 11.8 Å². The first-order valence-electron chi connectivity index (χ1n) is 4.71. The Morgan fingerprint density at radius 3 is 3.00 bits per heavy atom. The zero-order chi connectivity index (χ0) is 10.4. The summed E-state index contributed by atoms with van der Waals surface area (Å²) in [5.74, 6) is 5.47. The lowest BCUT2D eigenvalue weighted by atomic mass is 10.1. The van der Waals surface area contributed by atoms with Gasteiger partial charge in [-0.2, -0.15) is 5.10 Å². The standard InChI is InChI=1S/C9H18N4O/c1-13-7-8(6-11-13)9(12-10)4-3-5-14-2/h6-7,9,12H,3-5,10H2,1-2H3. The topological polar surface area (TPSA) is 65.1 Å².